The predicted octanol–water partition coefficient (Wildman–Crippen LogP) is 33.4. The van der Waals surface area contributed by atoms with Gasteiger partial charge in [0, 0.05) is 56.1 Å². The van der Waals surface area contributed by atoms with Crippen LogP contribution in [0.15, 0.2) is 98.6 Å². The number of ether oxygens (including phenoxy) is 9. The first-order valence-corrected chi connectivity index (χ1v) is 54.3. The van der Waals surface area contributed by atoms with Crippen LogP contribution in [0.3, 0.4) is 0 Å². The first kappa shape index (κ1) is 115. The topological polar surface area (TPSA) is 168 Å². The Morgan fingerprint density at radius 2 is 0.364 bits per heavy atom. The fraction of sp³-hybridized carbons (Fsp3) is 0.686. The molecule has 1 aliphatic carbocycles. The van der Waals surface area contributed by atoms with Gasteiger partial charge in [-0.3, -0.25) is 0 Å². The molecule has 14 heteroatoms. The van der Waals surface area contributed by atoms with Crippen molar-refractivity contribution in [2.45, 2.75) is 491 Å². The standard InChI is InChI=1S/C118H186O14/c1-9-16-20-24-28-32-36-40-44-48-52-56-60-64-68-72-78-125-115-102-82-98(94-129-110(119)13-5)83-103(115)91-105-85-100(96-131-112(121)15-7)87-107(117(105)127-80-74-70-66-62-58-54-50-46-42-38-34-30-26-22-18-11-3)93-109-89-101(97-132-114(123)77-76-113(122)124-8)88-108(118(109)128-81-75-71-67-63-59-55-51-47-43-39-35-31-27-23-19-12-4)92-106-86-99(95-130-111(120)14-6)84-104(90-102)116(106)126-79-73-69-65-61-57-53-49-45-41-37-33-29-25-21-17-10-2/h13-15,76-77,82-89H,5-7,9-12,16-75,78-81,90-97H2,1-4,8H3/b77-76-. The van der Waals surface area contributed by atoms with Crippen molar-refractivity contribution in [3.05, 3.63) is 165 Å². The lowest BCUT2D eigenvalue weighted by atomic mass is 9.88. The summed E-state index contributed by atoms with van der Waals surface area (Å²) in [5, 5.41) is 0. The van der Waals surface area contributed by atoms with Crippen molar-refractivity contribution in [1.82, 2.24) is 0 Å². The molecule has 1 aliphatic rings. The van der Waals surface area contributed by atoms with Crippen LogP contribution in [0.1, 0.15) is 505 Å². The van der Waals surface area contributed by atoms with Crippen LogP contribution < -0.4 is 18.9 Å². The molecule has 0 heterocycles. The summed E-state index contributed by atoms with van der Waals surface area (Å²) in [6.07, 6.45) is 86.8. The van der Waals surface area contributed by atoms with Gasteiger partial charge in [0.2, 0.25) is 0 Å². The maximum atomic E-state index is 13.7. The molecule has 8 bridgehead atoms. The Bertz CT molecular complexity index is 3590. The third kappa shape index (κ3) is 54.8. The minimum atomic E-state index is -0.715. The molecular formula is C118H186O14. The summed E-state index contributed by atoms with van der Waals surface area (Å²) < 4.78 is 58.5. The number of methoxy groups -OCH3 is 1. The van der Waals surface area contributed by atoms with E-state index in [9.17, 15) is 24.0 Å². The zero-order valence-electron chi connectivity index (χ0n) is 84.6. The number of esters is 5. The van der Waals surface area contributed by atoms with Crippen LogP contribution in [0.2, 0.25) is 0 Å². The molecule has 0 saturated carbocycles. The molecule has 0 atom stereocenters. The lowest BCUT2D eigenvalue weighted by Gasteiger charge is -2.25. The zero-order valence-corrected chi connectivity index (χ0v) is 84.6. The molecule has 132 heavy (non-hydrogen) atoms. The van der Waals surface area contributed by atoms with Crippen molar-refractivity contribution in [3.8, 4) is 23.0 Å². The fourth-order valence-corrected chi connectivity index (χ4v) is 18.6. The summed E-state index contributed by atoms with van der Waals surface area (Å²) in [5.41, 5.74) is 9.58. The van der Waals surface area contributed by atoms with Gasteiger partial charge in [-0.15, -0.1) is 0 Å². The number of benzene rings is 4. The summed E-state index contributed by atoms with van der Waals surface area (Å²) >= 11 is 0. The number of hydrogen-bond donors (Lipinski definition) is 0. The van der Waals surface area contributed by atoms with Crippen LogP contribution in [0.4, 0.5) is 0 Å². The third-order valence-electron chi connectivity index (χ3n) is 26.3. The van der Waals surface area contributed by atoms with E-state index in [-0.39, 0.29) is 39.3 Å². The highest BCUT2D eigenvalue weighted by Crippen LogP contribution is 2.43. The molecule has 5 rings (SSSR count). The average molecular weight is 1830 g/mol. The maximum Gasteiger partial charge on any atom is 0.331 e. The normalized spacial score (nSPS) is 11.8. The molecule has 4 aromatic rings. The summed E-state index contributed by atoms with van der Waals surface area (Å²) in [5.74, 6) is -0.266. The van der Waals surface area contributed by atoms with Gasteiger partial charge in [0.1, 0.15) is 49.4 Å². The molecule has 0 aromatic heterocycles. The average Bonchev–Trinajstić information content (AvgIpc) is 0.772. The highest BCUT2D eigenvalue weighted by Gasteiger charge is 2.27. The van der Waals surface area contributed by atoms with Crippen LogP contribution in [0.5, 0.6) is 23.0 Å². The van der Waals surface area contributed by atoms with Crippen LogP contribution in [-0.2, 0) is 99.8 Å². The van der Waals surface area contributed by atoms with Gasteiger partial charge < -0.3 is 42.6 Å². The number of fused-ring (bicyclic) bond motifs is 8. The Labute approximate surface area is 804 Å². The quantitative estimate of drug-likeness (QED) is 0.0156. The Hall–Kier alpha value is -7.61. The summed E-state index contributed by atoms with van der Waals surface area (Å²) in [4.78, 5) is 66.0. The summed E-state index contributed by atoms with van der Waals surface area (Å²) in [7, 11) is 1.26. The third-order valence-corrected chi connectivity index (χ3v) is 26.3. The van der Waals surface area contributed by atoms with Crippen molar-refractivity contribution in [3.63, 3.8) is 0 Å². The molecule has 0 N–H and O–H groups in total. The van der Waals surface area contributed by atoms with Crippen LogP contribution in [0, 0.1) is 0 Å². The van der Waals surface area contributed by atoms with Gasteiger partial charge in [0.05, 0.1) is 33.5 Å². The van der Waals surface area contributed by atoms with E-state index in [2.05, 4.69) is 96.0 Å². The molecule has 0 aliphatic heterocycles. The van der Waals surface area contributed by atoms with E-state index in [1.807, 2.05) is 0 Å². The molecule has 0 fully saturated rings. The van der Waals surface area contributed by atoms with E-state index in [0.717, 1.165) is 150 Å². The van der Waals surface area contributed by atoms with Crippen LogP contribution >= 0.6 is 0 Å². The van der Waals surface area contributed by atoms with Gasteiger partial charge in [0.25, 0.3) is 0 Å². The predicted molar refractivity (Wildman–Crippen MR) is 548 cm³/mol. The van der Waals surface area contributed by atoms with Crippen molar-refractivity contribution >= 4 is 29.8 Å². The number of rotatable bonds is 85. The van der Waals surface area contributed by atoms with Gasteiger partial charge in [-0.2, -0.15) is 0 Å². The van der Waals surface area contributed by atoms with Crippen molar-refractivity contribution in [2.24, 2.45) is 0 Å². The first-order valence-electron chi connectivity index (χ1n) is 54.3. The second-order valence-electron chi connectivity index (χ2n) is 38.2. The van der Waals surface area contributed by atoms with Gasteiger partial charge in [-0.25, -0.2) is 24.0 Å². The minimum Gasteiger partial charge on any atom is -0.493 e. The number of hydrogen-bond acceptors (Lipinski definition) is 14. The molecule has 0 spiro atoms. The van der Waals surface area contributed by atoms with Crippen LogP contribution in [-0.4, -0.2) is 63.4 Å². The summed E-state index contributed by atoms with van der Waals surface area (Å²) in [6, 6.07) is 16.7. The molecule has 4 aromatic carbocycles. The van der Waals surface area contributed by atoms with Gasteiger partial charge in [0.15, 0.2) is 0 Å². The minimum absolute atomic E-state index is 0.0445. The van der Waals surface area contributed by atoms with E-state index in [4.69, 9.17) is 42.6 Å². The Balaban J connectivity index is 1.69. The molecule has 0 radical (unpaired) electrons. The van der Waals surface area contributed by atoms with E-state index in [1.54, 1.807) is 0 Å². The Morgan fingerprint density at radius 1 is 0.220 bits per heavy atom. The van der Waals surface area contributed by atoms with Crippen molar-refractivity contribution < 1.29 is 66.6 Å². The number of carbonyl (C=O) groups is 5. The first-order chi connectivity index (χ1) is 64.9. The summed E-state index contributed by atoms with van der Waals surface area (Å²) in [6.45, 7) is 21.9. The largest absolute Gasteiger partial charge is 0.493 e. The van der Waals surface area contributed by atoms with Crippen molar-refractivity contribution in [2.75, 3.05) is 33.5 Å². The fourth-order valence-electron chi connectivity index (χ4n) is 18.6. The lowest BCUT2D eigenvalue weighted by molar-refractivity contribution is -0.140. The Morgan fingerprint density at radius 3 is 0.515 bits per heavy atom. The monoisotopic (exact) mass is 1830 g/mol. The molecule has 0 unspecified atom stereocenters. The Kier molecular flexibility index (Phi) is 68.4. The zero-order chi connectivity index (χ0) is 94.4. The van der Waals surface area contributed by atoms with Gasteiger partial charge in [-0.05, 0) is 141 Å². The highest BCUT2D eigenvalue weighted by molar-refractivity contribution is 5.91. The molecule has 14 nitrogen and oxygen atoms in total. The molecule has 742 valence electrons. The van der Waals surface area contributed by atoms with E-state index < -0.39 is 29.8 Å². The number of carbonyl (C=O) groups excluding carboxylic acids is 5. The molecule has 0 amide bonds. The lowest BCUT2D eigenvalue weighted by Crippen LogP contribution is -2.13. The van der Waals surface area contributed by atoms with Gasteiger partial charge in [-0.1, -0.05) is 433 Å². The second kappa shape index (κ2) is 78.6. The molecular weight excluding hydrogens is 1640 g/mol. The number of unbranched alkanes of at least 4 members (excludes halogenated alkanes) is 60. The smallest absolute Gasteiger partial charge is 0.331 e. The van der Waals surface area contributed by atoms with Gasteiger partial charge >= 0.3 is 29.8 Å². The van der Waals surface area contributed by atoms with Crippen molar-refractivity contribution in [1.29, 1.82) is 0 Å². The molecule has 0 saturated heterocycles. The second-order valence-corrected chi connectivity index (χ2v) is 38.2. The maximum absolute atomic E-state index is 13.7. The van der Waals surface area contributed by atoms with E-state index in [0.29, 0.717) is 67.8 Å². The SMILES string of the molecule is C=CC(=O)OCc1cc2c(OCCCCCCCCCCCCCCCCCC)c(c1)Cc1cc(COC(=O)C=C)cc(c1OCCCCCCCCCCCCCCCCCC)Cc1cc(COC(=O)/C=C\C(=O)OC)cc(c1OCCCCCCCCCCCCCCCCCC)Cc1cc(COC(=O)C=C)cc(c1OCCCCCCCCCCCCCCCCCC)C2. The highest BCUT2D eigenvalue weighted by atomic mass is 16.5. The van der Waals surface area contributed by atoms with E-state index in [1.165, 1.54) is 359 Å². The van der Waals surface area contributed by atoms with Crippen LogP contribution in [0.25, 0.3) is 0 Å². The van der Waals surface area contributed by atoms with E-state index >= 15 is 0 Å².